The molecule has 0 aliphatic carbocycles. The van der Waals surface area contributed by atoms with Crippen molar-refractivity contribution in [1.82, 2.24) is 15.1 Å². The summed E-state index contributed by atoms with van der Waals surface area (Å²) in [6.45, 7) is 15.6. The van der Waals surface area contributed by atoms with Crippen molar-refractivity contribution >= 4 is 5.96 Å². The van der Waals surface area contributed by atoms with Gasteiger partial charge in [0.05, 0.1) is 6.61 Å². The second-order valence-electron chi connectivity index (χ2n) is 8.66. The molecule has 2 fully saturated rings. The van der Waals surface area contributed by atoms with Gasteiger partial charge in [-0.2, -0.15) is 0 Å². The number of hydrogen-bond donors (Lipinski definition) is 1. The van der Waals surface area contributed by atoms with Crippen LogP contribution in [0, 0.1) is 18.8 Å². The number of guanidine groups is 1. The van der Waals surface area contributed by atoms with E-state index in [4.69, 9.17) is 9.73 Å². The van der Waals surface area contributed by atoms with Gasteiger partial charge in [-0.05, 0) is 64.6 Å². The predicted molar refractivity (Wildman–Crippen MR) is 121 cm³/mol. The Labute approximate surface area is 177 Å². The van der Waals surface area contributed by atoms with E-state index in [9.17, 15) is 0 Å². The Morgan fingerprint density at radius 1 is 1.07 bits per heavy atom. The van der Waals surface area contributed by atoms with E-state index in [0.717, 1.165) is 51.9 Å². The molecule has 1 N–H and O–H groups in total. The van der Waals surface area contributed by atoms with E-state index in [-0.39, 0.29) is 0 Å². The minimum atomic E-state index is 0.642. The molecule has 2 heterocycles. The molecule has 1 unspecified atom stereocenters. The van der Waals surface area contributed by atoms with Crippen molar-refractivity contribution in [2.45, 2.75) is 46.6 Å². The highest BCUT2D eigenvalue weighted by Gasteiger charge is 2.25. The van der Waals surface area contributed by atoms with E-state index in [1.807, 2.05) is 0 Å². The lowest BCUT2D eigenvalue weighted by molar-refractivity contribution is 0.114. The van der Waals surface area contributed by atoms with E-state index in [2.05, 4.69) is 60.2 Å². The van der Waals surface area contributed by atoms with Crippen molar-refractivity contribution in [1.29, 1.82) is 0 Å². The van der Waals surface area contributed by atoms with Gasteiger partial charge < -0.3 is 15.0 Å². The summed E-state index contributed by atoms with van der Waals surface area (Å²) in [5, 5.41) is 3.51. The average Bonchev–Trinajstić information content (AvgIpc) is 3.21. The largest absolute Gasteiger partial charge is 0.381 e. The van der Waals surface area contributed by atoms with Crippen LogP contribution in [-0.2, 0) is 11.3 Å². The summed E-state index contributed by atoms with van der Waals surface area (Å²) in [5.74, 6) is 2.46. The van der Waals surface area contributed by atoms with Crippen molar-refractivity contribution < 1.29 is 4.74 Å². The fourth-order valence-corrected chi connectivity index (χ4v) is 4.37. The molecular weight excluding hydrogens is 360 g/mol. The lowest BCUT2D eigenvalue weighted by Gasteiger charge is -2.31. The maximum absolute atomic E-state index is 5.63. The summed E-state index contributed by atoms with van der Waals surface area (Å²) in [6.07, 6.45) is 3.71. The van der Waals surface area contributed by atoms with E-state index >= 15 is 0 Å². The second-order valence-corrected chi connectivity index (χ2v) is 8.66. The molecule has 29 heavy (non-hydrogen) atoms. The third kappa shape index (κ3) is 7.00. The third-order valence-corrected chi connectivity index (χ3v) is 6.21. The first-order chi connectivity index (χ1) is 14.2. The average molecular weight is 401 g/mol. The maximum atomic E-state index is 5.63. The molecule has 1 atom stereocenters. The summed E-state index contributed by atoms with van der Waals surface area (Å²) >= 11 is 0. The summed E-state index contributed by atoms with van der Waals surface area (Å²) < 4.78 is 5.63. The highest BCUT2D eigenvalue weighted by molar-refractivity contribution is 5.80. The standard InChI is InChI=1S/C24H40N4O/c1-4-25-24(28-15-12-23(18-28)19-29-5-2)26-16-21-10-13-27(14-11-21)17-22-8-6-20(3)7-9-22/h6-9,21,23H,4-5,10-19H2,1-3H3,(H,25,26). The first-order valence-electron chi connectivity index (χ1n) is 11.6. The second kappa shape index (κ2) is 11.6. The van der Waals surface area contributed by atoms with Crippen LogP contribution < -0.4 is 5.32 Å². The summed E-state index contributed by atoms with van der Waals surface area (Å²) in [4.78, 5) is 10.0. The number of nitrogens with one attached hydrogen (secondary N) is 1. The minimum absolute atomic E-state index is 0.642. The molecule has 2 saturated heterocycles. The van der Waals surface area contributed by atoms with Crippen LogP contribution in [-0.4, -0.2) is 68.2 Å². The fraction of sp³-hybridized carbons (Fsp3) is 0.708. The molecule has 2 aliphatic heterocycles. The lowest BCUT2D eigenvalue weighted by atomic mass is 9.96. The summed E-state index contributed by atoms with van der Waals surface area (Å²) in [5.41, 5.74) is 2.76. The molecule has 5 heteroatoms. The molecule has 162 valence electrons. The molecule has 1 aromatic carbocycles. The smallest absolute Gasteiger partial charge is 0.193 e. The maximum Gasteiger partial charge on any atom is 0.193 e. The number of nitrogens with zero attached hydrogens (tertiary/aromatic N) is 3. The Bertz CT molecular complexity index is 622. The number of piperidine rings is 1. The highest BCUT2D eigenvalue weighted by Crippen LogP contribution is 2.21. The molecule has 0 radical (unpaired) electrons. The number of rotatable bonds is 8. The van der Waals surface area contributed by atoms with Gasteiger partial charge in [-0.15, -0.1) is 0 Å². The fourth-order valence-electron chi connectivity index (χ4n) is 4.37. The Morgan fingerprint density at radius 2 is 1.79 bits per heavy atom. The monoisotopic (exact) mass is 400 g/mol. The van der Waals surface area contributed by atoms with E-state index in [1.54, 1.807) is 0 Å². The lowest BCUT2D eigenvalue weighted by Crippen LogP contribution is -2.41. The SMILES string of the molecule is CCNC(=NCC1CCN(Cc2ccc(C)cc2)CC1)N1CCC(COCC)C1. The number of benzene rings is 1. The molecular formula is C24H40N4O. The van der Waals surface area contributed by atoms with Crippen LogP contribution in [0.2, 0.25) is 0 Å². The Hall–Kier alpha value is -1.59. The van der Waals surface area contributed by atoms with Gasteiger partial charge in [-0.25, -0.2) is 0 Å². The molecule has 1 aromatic rings. The van der Waals surface area contributed by atoms with Crippen LogP contribution >= 0.6 is 0 Å². The summed E-state index contributed by atoms with van der Waals surface area (Å²) in [7, 11) is 0. The first kappa shape index (κ1) is 22.1. The molecule has 0 spiro atoms. The molecule has 0 saturated carbocycles. The van der Waals surface area contributed by atoms with Gasteiger partial charge in [-0.1, -0.05) is 29.8 Å². The van der Waals surface area contributed by atoms with Gasteiger partial charge in [0.25, 0.3) is 0 Å². The number of ether oxygens (including phenoxy) is 1. The quantitative estimate of drug-likeness (QED) is 0.535. The number of likely N-dealkylation sites (tertiary alicyclic amines) is 2. The van der Waals surface area contributed by atoms with Crippen LogP contribution in [0.25, 0.3) is 0 Å². The van der Waals surface area contributed by atoms with Crippen LogP contribution in [0.5, 0.6) is 0 Å². The van der Waals surface area contributed by atoms with Gasteiger partial charge in [0.2, 0.25) is 0 Å². The van der Waals surface area contributed by atoms with Crippen molar-refractivity contribution in [2.75, 3.05) is 52.5 Å². The van der Waals surface area contributed by atoms with Crippen LogP contribution in [0.4, 0.5) is 0 Å². The molecule has 0 amide bonds. The Morgan fingerprint density at radius 3 is 2.48 bits per heavy atom. The van der Waals surface area contributed by atoms with Gasteiger partial charge in [0.15, 0.2) is 5.96 Å². The Kier molecular flexibility index (Phi) is 8.81. The molecule has 0 aromatic heterocycles. The van der Waals surface area contributed by atoms with Crippen molar-refractivity contribution in [3.63, 3.8) is 0 Å². The predicted octanol–water partition coefficient (Wildman–Crippen LogP) is 3.53. The minimum Gasteiger partial charge on any atom is -0.381 e. The first-order valence-corrected chi connectivity index (χ1v) is 11.6. The third-order valence-electron chi connectivity index (χ3n) is 6.21. The Balaban J connectivity index is 1.44. The molecule has 0 bridgehead atoms. The van der Waals surface area contributed by atoms with Gasteiger partial charge >= 0.3 is 0 Å². The van der Waals surface area contributed by atoms with E-state index in [1.165, 1.54) is 43.5 Å². The van der Waals surface area contributed by atoms with Crippen LogP contribution in [0.15, 0.2) is 29.3 Å². The van der Waals surface area contributed by atoms with Crippen molar-refractivity contribution in [3.05, 3.63) is 35.4 Å². The van der Waals surface area contributed by atoms with Gasteiger partial charge in [0, 0.05) is 45.2 Å². The van der Waals surface area contributed by atoms with Crippen molar-refractivity contribution in [3.8, 4) is 0 Å². The number of hydrogen-bond acceptors (Lipinski definition) is 3. The molecule has 2 aliphatic rings. The van der Waals surface area contributed by atoms with E-state index < -0.39 is 0 Å². The van der Waals surface area contributed by atoms with Crippen LogP contribution in [0.1, 0.15) is 44.2 Å². The zero-order valence-corrected chi connectivity index (χ0v) is 18.7. The topological polar surface area (TPSA) is 40.1 Å². The highest BCUT2D eigenvalue weighted by atomic mass is 16.5. The normalized spacial score (nSPS) is 21.7. The van der Waals surface area contributed by atoms with E-state index in [0.29, 0.717) is 11.8 Å². The molecule has 3 rings (SSSR count). The van der Waals surface area contributed by atoms with Gasteiger partial charge in [0.1, 0.15) is 0 Å². The number of aliphatic imine (C=N–C) groups is 1. The zero-order chi connectivity index (χ0) is 20.5. The number of aryl methyl sites for hydroxylation is 1. The van der Waals surface area contributed by atoms with Crippen molar-refractivity contribution in [2.24, 2.45) is 16.8 Å². The summed E-state index contributed by atoms with van der Waals surface area (Å²) in [6, 6.07) is 8.97. The van der Waals surface area contributed by atoms with Crippen LogP contribution in [0.3, 0.4) is 0 Å². The zero-order valence-electron chi connectivity index (χ0n) is 18.7. The van der Waals surface area contributed by atoms with Gasteiger partial charge in [-0.3, -0.25) is 9.89 Å². The molecule has 5 nitrogen and oxygen atoms in total.